The van der Waals surface area contributed by atoms with Crippen molar-refractivity contribution in [3.05, 3.63) is 12.3 Å². The first-order valence-electron chi connectivity index (χ1n) is 6.50. The summed E-state index contributed by atoms with van der Waals surface area (Å²) in [5.41, 5.74) is 0. The molecule has 1 N–H and O–H groups in total. The summed E-state index contributed by atoms with van der Waals surface area (Å²) >= 11 is 0. The van der Waals surface area contributed by atoms with Gasteiger partial charge in [-0.2, -0.15) is 5.10 Å². The molecule has 2 aliphatic rings. The second-order valence-corrected chi connectivity index (χ2v) is 4.82. The normalized spacial score (nSPS) is 27.3. The number of anilines is 1. The minimum atomic E-state index is 0.671. The maximum absolute atomic E-state index is 5.42. The lowest BCUT2D eigenvalue weighted by Gasteiger charge is -2.40. The van der Waals surface area contributed by atoms with Gasteiger partial charge in [-0.05, 0) is 12.8 Å². The second-order valence-electron chi connectivity index (χ2n) is 4.82. The Hall–Kier alpha value is -1.07. The van der Waals surface area contributed by atoms with Crippen LogP contribution in [-0.4, -0.2) is 60.5 Å². The SMILES string of the molecule is c1cc(N2CCCC(N3CCOCC3)C2)n[nH]1. The number of nitrogens with zero attached hydrogens (tertiary/aromatic N) is 3. The third-order valence-electron chi connectivity index (χ3n) is 3.77. The van der Waals surface area contributed by atoms with Gasteiger partial charge in [-0.25, -0.2) is 0 Å². The second kappa shape index (κ2) is 5.06. The summed E-state index contributed by atoms with van der Waals surface area (Å²) in [5.74, 6) is 1.09. The quantitative estimate of drug-likeness (QED) is 0.821. The number of nitrogens with one attached hydrogen (secondary N) is 1. The molecule has 1 aromatic heterocycles. The van der Waals surface area contributed by atoms with Crippen molar-refractivity contribution in [3.63, 3.8) is 0 Å². The van der Waals surface area contributed by atoms with Crippen LogP contribution in [-0.2, 0) is 4.74 Å². The molecule has 17 heavy (non-hydrogen) atoms. The minimum Gasteiger partial charge on any atom is -0.379 e. The van der Waals surface area contributed by atoms with E-state index in [1.54, 1.807) is 0 Å². The first-order chi connectivity index (χ1) is 8.43. The van der Waals surface area contributed by atoms with Crippen molar-refractivity contribution in [3.8, 4) is 0 Å². The maximum atomic E-state index is 5.42. The molecule has 0 amide bonds. The molecule has 5 heteroatoms. The van der Waals surface area contributed by atoms with Crippen molar-refractivity contribution in [2.45, 2.75) is 18.9 Å². The summed E-state index contributed by atoms with van der Waals surface area (Å²) < 4.78 is 5.42. The van der Waals surface area contributed by atoms with Crippen molar-refractivity contribution < 1.29 is 4.74 Å². The third-order valence-corrected chi connectivity index (χ3v) is 3.77. The standard InChI is InChI=1S/C12H20N4O/c1-2-11(15-6-8-17-9-7-15)10-16(5-1)12-3-4-13-14-12/h3-4,11H,1-2,5-10H2,(H,13,14). The van der Waals surface area contributed by atoms with Crippen LogP contribution in [0.5, 0.6) is 0 Å². The van der Waals surface area contributed by atoms with E-state index in [1.807, 2.05) is 6.20 Å². The van der Waals surface area contributed by atoms with Crippen LogP contribution in [0.15, 0.2) is 12.3 Å². The molecule has 1 aromatic rings. The van der Waals surface area contributed by atoms with E-state index in [0.717, 1.165) is 45.2 Å². The van der Waals surface area contributed by atoms with E-state index in [4.69, 9.17) is 4.74 Å². The summed E-state index contributed by atoms with van der Waals surface area (Å²) in [6.07, 6.45) is 4.46. The Morgan fingerprint density at radius 1 is 1.29 bits per heavy atom. The number of aromatic amines is 1. The summed E-state index contributed by atoms with van der Waals surface area (Å²) in [5, 5.41) is 7.17. The first-order valence-corrected chi connectivity index (χ1v) is 6.50. The molecular formula is C12H20N4O. The van der Waals surface area contributed by atoms with Gasteiger partial charge in [0.1, 0.15) is 5.82 Å². The maximum Gasteiger partial charge on any atom is 0.150 e. The fraction of sp³-hybridized carbons (Fsp3) is 0.750. The minimum absolute atomic E-state index is 0.671. The Morgan fingerprint density at radius 2 is 2.18 bits per heavy atom. The van der Waals surface area contributed by atoms with Crippen LogP contribution < -0.4 is 4.90 Å². The van der Waals surface area contributed by atoms with Crippen LogP contribution in [0, 0.1) is 0 Å². The Balaban J connectivity index is 1.63. The van der Waals surface area contributed by atoms with Crippen LogP contribution in [0.3, 0.4) is 0 Å². The topological polar surface area (TPSA) is 44.4 Å². The molecule has 0 aromatic carbocycles. The lowest BCUT2D eigenvalue weighted by molar-refractivity contribution is 0.0137. The third kappa shape index (κ3) is 2.45. The summed E-state index contributed by atoms with van der Waals surface area (Å²) in [6.45, 7) is 6.17. The molecule has 0 aliphatic carbocycles. The van der Waals surface area contributed by atoms with E-state index in [9.17, 15) is 0 Å². The van der Waals surface area contributed by atoms with Crippen LogP contribution in [0.1, 0.15) is 12.8 Å². The molecule has 1 atom stereocenters. The fourth-order valence-corrected chi connectivity index (χ4v) is 2.83. The van der Waals surface area contributed by atoms with Gasteiger partial charge in [0.05, 0.1) is 13.2 Å². The average molecular weight is 236 g/mol. The van der Waals surface area contributed by atoms with E-state index in [1.165, 1.54) is 12.8 Å². The van der Waals surface area contributed by atoms with Gasteiger partial charge in [0.25, 0.3) is 0 Å². The van der Waals surface area contributed by atoms with E-state index >= 15 is 0 Å². The van der Waals surface area contributed by atoms with Gasteiger partial charge in [-0.15, -0.1) is 0 Å². The molecule has 0 saturated carbocycles. The summed E-state index contributed by atoms with van der Waals surface area (Å²) in [7, 11) is 0. The zero-order chi connectivity index (χ0) is 11.5. The Bertz CT molecular complexity index is 334. The van der Waals surface area contributed by atoms with E-state index in [2.05, 4.69) is 26.1 Å². The lowest BCUT2D eigenvalue weighted by Crippen LogP contribution is -2.51. The molecule has 3 heterocycles. The van der Waals surface area contributed by atoms with Crippen LogP contribution in [0.4, 0.5) is 5.82 Å². The number of hydrogen-bond acceptors (Lipinski definition) is 4. The zero-order valence-corrected chi connectivity index (χ0v) is 10.1. The predicted octanol–water partition coefficient (Wildman–Crippen LogP) is 0.711. The van der Waals surface area contributed by atoms with Gasteiger partial charge in [-0.1, -0.05) is 0 Å². The first kappa shape index (κ1) is 11.0. The summed E-state index contributed by atoms with van der Waals surface area (Å²) in [4.78, 5) is 4.96. The van der Waals surface area contributed by atoms with E-state index in [-0.39, 0.29) is 0 Å². The zero-order valence-electron chi connectivity index (χ0n) is 10.1. The molecule has 5 nitrogen and oxygen atoms in total. The number of rotatable bonds is 2. The molecule has 0 spiro atoms. The fourth-order valence-electron chi connectivity index (χ4n) is 2.83. The van der Waals surface area contributed by atoms with Gasteiger partial charge >= 0.3 is 0 Å². The monoisotopic (exact) mass is 236 g/mol. The number of hydrogen-bond donors (Lipinski definition) is 1. The largest absolute Gasteiger partial charge is 0.379 e. The molecule has 0 radical (unpaired) electrons. The molecule has 94 valence electrons. The van der Waals surface area contributed by atoms with Crippen molar-refractivity contribution in [2.75, 3.05) is 44.3 Å². The van der Waals surface area contributed by atoms with Crippen molar-refractivity contribution >= 4 is 5.82 Å². The molecule has 2 saturated heterocycles. The molecular weight excluding hydrogens is 216 g/mol. The number of H-pyrrole nitrogens is 1. The van der Waals surface area contributed by atoms with Gasteiger partial charge in [0.15, 0.2) is 0 Å². The average Bonchev–Trinajstić information content (AvgIpc) is 2.94. The highest BCUT2D eigenvalue weighted by Gasteiger charge is 2.27. The van der Waals surface area contributed by atoms with Crippen molar-refractivity contribution in [1.82, 2.24) is 15.1 Å². The highest BCUT2D eigenvalue weighted by atomic mass is 16.5. The highest BCUT2D eigenvalue weighted by Crippen LogP contribution is 2.21. The van der Waals surface area contributed by atoms with E-state index < -0.39 is 0 Å². The Kier molecular flexibility index (Phi) is 3.29. The van der Waals surface area contributed by atoms with Crippen LogP contribution in [0.2, 0.25) is 0 Å². The number of ether oxygens (including phenoxy) is 1. The van der Waals surface area contributed by atoms with Gasteiger partial charge in [-0.3, -0.25) is 10.00 Å². The summed E-state index contributed by atoms with van der Waals surface area (Å²) in [6, 6.07) is 2.73. The number of piperidine rings is 1. The van der Waals surface area contributed by atoms with Gasteiger partial charge in [0.2, 0.25) is 0 Å². The van der Waals surface area contributed by atoms with Crippen molar-refractivity contribution in [1.29, 1.82) is 0 Å². The van der Waals surface area contributed by atoms with Crippen LogP contribution >= 0.6 is 0 Å². The molecule has 2 aliphatic heterocycles. The Labute approximate surface area is 102 Å². The van der Waals surface area contributed by atoms with Crippen molar-refractivity contribution in [2.24, 2.45) is 0 Å². The molecule has 3 rings (SSSR count). The van der Waals surface area contributed by atoms with Gasteiger partial charge in [0, 0.05) is 44.5 Å². The van der Waals surface area contributed by atoms with E-state index in [0.29, 0.717) is 6.04 Å². The molecule has 0 bridgehead atoms. The molecule has 2 fully saturated rings. The predicted molar refractivity (Wildman–Crippen MR) is 66.2 cm³/mol. The Morgan fingerprint density at radius 3 is 2.94 bits per heavy atom. The lowest BCUT2D eigenvalue weighted by atomic mass is 10.0. The van der Waals surface area contributed by atoms with Crippen LogP contribution in [0.25, 0.3) is 0 Å². The number of morpholine rings is 1. The smallest absolute Gasteiger partial charge is 0.150 e. The number of aromatic nitrogens is 2. The highest BCUT2D eigenvalue weighted by molar-refractivity contribution is 5.37. The molecule has 1 unspecified atom stereocenters. The van der Waals surface area contributed by atoms with Gasteiger partial charge < -0.3 is 9.64 Å².